The molecule has 0 aliphatic heterocycles. The zero-order valence-electron chi connectivity index (χ0n) is 13.3. The van der Waals surface area contributed by atoms with E-state index in [1.54, 1.807) is 6.92 Å². The summed E-state index contributed by atoms with van der Waals surface area (Å²) in [7, 11) is 0. The van der Waals surface area contributed by atoms with Gasteiger partial charge in [-0.15, -0.1) is 0 Å². The van der Waals surface area contributed by atoms with Crippen LogP contribution in [0.1, 0.15) is 32.3 Å². The molecule has 0 spiro atoms. The highest BCUT2D eigenvalue weighted by molar-refractivity contribution is 5.66. The summed E-state index contributed by atoms with van der Waals surface area (Å²) in [6.45, 7) is 3.97. The van der Waals surface area contributed by atoms with Crippen LogP contribution in [0.4, 0.5) is 0 Å². The Bertz CT molecular complexity index is 547. The number of carboxylic acid groups (broad SMARTS) is 1. The highest BCUT2D eigenvalue weighted by Gasteiger charge is 1.98. The van der Waals surface area contributed by atoms with E-state index >= 15 is 0 Å². The molecule has 2 aromatic rings. The number of aryl methyl sites for hydroxylation is 1. The molecular weight excluding hydrogens is 274 g/mol. The summed E-state index contributed by atoms with van der Waals surface area (Å²) in [5, 5.41) is 8.11. The molecule has 3 N–H and O–H groups in total. The zero-order valence-corrected chi connectivity index (χ0v) is 13.3. The number of hydrogen-bond acceptors (Lipinski definition) is 2. The maximum absolute atomic E-state index is 9.85. The third-order valence-corrected chi connectivity index (χ3v) is 3.28. The Morgan fingerprint density at radius 1 is 1.05 bits per heavy atom. The van der Waals surface area contributed by atoms with E-state index in [1.807, 2.05) is 6.07 Å². The molecule has 0 bridgehead atoms. The van der Waals surface area contributed by atoms with Gasteiger partial charge in [-0.3, -0.25) is 4.79 Å². The molecule has 22 heavy (non-hydrogen) atoms. The monoisotopic (exact) mass is 299 g/mol. The van der Waals surface area contributed by atoms with Gasteiger partial charge in [-0.25, -0.2) is 0 Å². The number of hydrogen-bond donors (Lipinski definition) is 2. The van der Waals surface area contributed by atoms with Gasteiger partial charge in [0.1, 0.15) is 0 Å². The second kappa shape index (κ2) is 9.74. The van der Waals surface area contributed by atoms with E-state index in [1.165, 1.54) is 16.7 Å². The van der Waals surface area contributed by atoms with Crippen molar-refractivity contribution < 1.29 is 9.90 Å². The topological polar surface area (TPSA) is 63.3 Å². The first-order chi connectivity index (χ1) is 10.5. The lowest BCUT2D eigenvalue weighted by molar-refractivity contribution is -0.137. The van der Waals surface area contributed by atoms with Crippen LogP contribution in [-0.2, 0) is 11.2 Å². The molecule has 118 valence electrons. The van der Waals surface area contributed by atoms with Gasteiger partial charge in [0, 0.05) is 12.5 Å². The van der Waals surface area contributed by atoms with Gasteiger partial charge in [-0.2, -0.15) is 0 Å². The summed E-state index contributed by atoms with van der Waals surface area (Å²) in [6, 6.07) is 19.2. The second-order valence-electron chi connectivity index (χ2n) is 5.33. The SMILES string of the molecule is CC(N)CCC(=O)O.CCc1ccc(-c2ccccc2)cc1. The van der Waals surface area contributed by atoms with Crippen molar-refractivity contribution in [3.8, 4) is 11.1 Å². The minimum absolute atomic E-state index is 0.00565. The second-order valence-corrected chi connectivity index (χ2v) is 5.33. The first-order valence-electron chi connectivity index (χ1n) is 7.64. The summed E-state index contributed by atoms with van der Waals surface area (Å²) in [6.07, 6.45) is 1.85. The molecular formula is C19H25NO2. The zero-order chi connectivity index (χ0) is 16.4. The minimum atomic E-state index is -0.776. The number of aliphatic carboxylic acids is 1. The third-order valence-electron chi connectivity index (χ3n) is 3.28. The number of nitrogens with two attached hydrogens (primary N) is 1. The summed E-state index contributed by atoms with van der Waals surface area (Å²) < 4.78 is 0. The number of carbonyl (C=O) groups is 1. The lowest BCUT2D eigenvalue weighted by Crippen LogP contribution is -2.15. The van der Waals surface area contributed by atoms with Crippen molar-refractivity contribution in [2.24, 2.45) is 5.73 Å². The number of benzene rings is 2. The van der Waals surface area contributed by atoms with E-state index in [9.17, 15) is 4.79 Å². The lowest BCUT2D eigenvalue weighted by Gasteiger charge is -2.02. The molecule has 3 heteroatoms. The summed E-state index contributed by atoms with van der Waals surface area (Å²) >= 11 is 0. The van der Waals surface area contributed by atoms with Gasteiger partial charge < -0.3 is 10.8 Å². The van der Waals surface area contributed by atoms with Crippen molar-refractivity contribution in [2.75, 3.05) is 0 Å². The van der Waals surface area contributed by atoms with Crippen molar-refractivity contribution in [3.63, 3.8) is 0 Å². The molecule has 1 atom stereocenters. The molecule has 0 saturated carbocycles. The van der Waals surface area contributed by atoms with Crippen LogP contribution in [0.15, 0.2) is 54.6 Å². The van der Waals surface area contributed by atoms with E-state index in [0.29, 0.717) is 6.42 Å². The number of carboxylic acids is 1. The van der Waals surface area contributed by atoms with Crippen LogP contribution >= 0.6 is 0 Å². The van der Waals surface area contributed by atoms with E-state index < -0.39 is 5.97 Å². The van der Waals surface area contributed by atoms with Gasteiger partial charge in [0.05, 0.1) is 0 Å². The molecule has 0 fully saturated rings. The molecule has 2 rings (SSSR count). The van der Waals surface area contributed by atoms with Gasteiger partial charge in [-0.1, -0.05) is 61.5 Å². The standard InChI is InChI=1S/C14H14.C5H11NO2/c1-2-12-8-10-14(11-9-12)13-6-4-3-5-7-13;1-4(6)2-3-5(7)8/h3-11H,2H2,1H3;4H,2-3,6H2,1H3,(H,7,8). The molecule has 2 aromatic carbocycles. The van der Waals surface area contributed by atoms with Crippen molar-refractivity contribution >= 4 is 5.97 Å². The normalized spacial score (nSPS) is 11.2. The van der Waals surface area contributed by atoms with Crippen molar-refractivity contribution in [3.05, 3.63) is 60.2 Å². The van der Waals surface area contributed by atoms with Gasteiger partial charge in [-0.05, 0) is 36.5 Å². The Labute approximate surface area is 132 Å². The average molecular weight is 299 g/mol. The maximum atomic E-state index is 9.85. The molecule has 0 heterocycles. The average Bonchev–Trinajstić information content (AvgIpc) is 2.54. The molecule has 0 aliphatic carbocycles. The van der Waals surface area contributed by atoms with Gasteiger partial charge in [0.25, 0.3) is 0 Å². The van der Waals surface area contributed by atoms with Gasteiger partial charge in [0.2, 0.25) is 0 Å². The maximum Gasteiger partial charge on any atom is 0.303 e. The van der Waals surface area contributed by atoms with Crippen LogP contribution in [0, 0.1) is 0 Å². The van der Waals surface area contributed by atoms with Crippen LogP contribution in [0.5, 0.6) is 0 Å². The predicted octanol–water partition coefficient (Wildman–Crippen LogP) is 4.11. The molecule has 3 nitrogen and oxygen atoms in total. The molecule has 0 aromatic heterocycles. The fraction of sp³-hybridized carbons (Fsp3) is 0.316. The first kappa shape index (κ1) is 17.9. The van der Waals surface area contributed by atoms with Gasteiger partial charge in [0.15, 0.2) is 0 Å². The van der Waals surface area contributed by atoms with Crippen molar-refractivity contribution in [1.29, 1.82) is 0 Å². The Morgan fingerprint density at radius 3 is 2.00 bits per heavy atom. The van der Waals surface area contributed by atoms with Crippen molar-refractivity contribution in [2.45, 2.75) is 39.2 Å². The van der Waals surface area contributed by atoms with Crippen LogP contribution in [-0.4, -0.2) is 17.1 Å². The molecule has 0 amide bonds. The molecule has 0 aliphatic rings. The minimum Gasteiger partial charge on any atom is -0.481 e. The predicted molar refractivity (Wildman–Crippen MR) is 91.8 cm³/mol. The fourth-order valence-corrected chi connectivity index (χ4v) is 1.91. The number of rotatable bonds is 5. The Kier molecular flexibility index (Phi) is 7.94. The Hall–Kier alpha value is -2.13. The molecule has 0 radical (unpaired) electrons. The lowest BCUT2D eigenvalue weighted by atomic mass is 10.0. The smallest absolute Gasteiger partial charge is 0.303 e. The first-order valence-corrected chi connectivity index (χ1v) is 7.64. The van der Waals surface area contributed by atoms with Crippen LogP contribution in [0.2, 0.25) is 0 Å². The van der Waals surface area contributed by atoms with E-state index in [-0.39, 0.29) is 12.5 Å². The van der Waals surface area contributed by atoms with E-state index in [2.05, 4.69) is 55.5 Å². The Morgan fingerprint density at radius 2 is 1.59 bits per heavy atom. The third kappa shape index (κ3) is 7.04. The van der Waals surface area contributed by atoms with Crippen LogP contribution < -0.4 is 5.73 Å². The highest BCUT2D eigenvalue weighted by atomic mass is 16.4. The molecule has 0 saturated heterocycles. The van der Waals surface area contributed by atoms with E-state index in [0.717, 1.165) is 6.42 Å². The van der Waals surface area contributed by atoms with Gasteiger partial charge >= 0.3 is 5.97 Å². The van der Waals surface area contributed by atoms with E-state index in [4.69, 9.17) is 10.8 Å². The van der Waals surface area contributed by atoms with Crippen LogP contribution in [0.25, 0.3) is 11.1 Å². The summed E-state index contributed by atoms with van der Waals surface area (Å²) in [5.74, 6) is -0.776. The summed E-state index contributed by atoms with van der Waals surface area (Å²) in [4.78, 5) is 9.85. The largest absolute Gasteiger partial charge is 0.481 e. The molecule has 1 unspecified atom stereocenters. The highest BCUT2D eigenvalue weighted by Crippen LogP contribution is 2.19. The fourth-order valence-electron chi connectivity index (χ4n) is 1.91. The summed E-state index contributed by atoms with van der Waals surface area (Å²) in [5.41, 5.74) is 9.25. The quantitative estimate of drug-likeness (QED) is 0.873. The van der Waals surface area contributed by atoms with Crippen molar-refractivity contribution in [1.82, 2.24) is 0 Å². The Balaban J connectivity index is 0.000000261. The van der Waals surface area contributed by atoms with Crippen LogP contribution in [0.3, 0.4) is 0 Å².